The van der Waals surface area contributed by atoms with Crippen LogP contribution in [0.2, 0.25) is 0 Å². The topological polar surface area (TPSA) is 80.8 Å². The third kappa shape index (κ3) is 5.04. The highest BCUT2D eigenvalue weighted by Crippen LogP contribution is 2.27. The van der Waals surface area contributed by atoms with Crippen LogP contribution in [0, 0.1) is 5.92 Å². The third-order valence-corrected chi connectivity index (χ3v) is 5.09. The van der Waals surface area contributed by atoms with E-state index in [0.29, 0.717) is 35.2 Å². The fourth-order valence-electron chi connectivity index (χ4n) is 3.50. The third-order valence-electron chi connectivity index (χ3n) is 5.09. The van der Waals surface area contributed by atoms with E-state index in [4.69, 9.17) is 9.47 Å². The second-order valence-electron chi connectivity index (χ2n) is 7.30. The number of pyridine rings is 1. The lowest BCUT2D eigenvalue weighted by molar-refractivity contribution is 0.0677. The summed E-state index contributed by atoms with van der Waals surface area (Å²) in [5, 5.41) is 2.87. The summed E-state index contributed by atoms with van der Waals surface area (Å²) in [6.07, 6.45) is 3.64. The van der Waals surface area contributed by atoms with Crippen molar-refractivity contribution in [2.24, 2.45) is 5.92 Å². The van der Waals surface area contributed by atoms with E-state index in [1.54, 1.807) is 32.4 Å². The minimum absolute atomic E-state index is 0.119. The summed E-state index contributed by atoms with van der Waals surface area (Å²) in [5.74, 6) is 1.34. The van der Waals surface area contributed by atoms with Crippen molar-refractivity contribution < 1.29 is 19.1 Å². The van der Waals surface area contributed by atoms with E-state index >= 15 is 0 Å². The maximum atomic E-state index is 12.7. The van der Waals surface area contributed by atoms with E-state index in [-0.39, 0.29) is 11.8 Å². The molecule has 2 heterocycles. The first-order chi connectivity index (χ1) is 14.0. The molecule has 7 nitrogen and oxygen atoms in total. The Bertz CT molecular complexity index is 884. The smallest absolute Gasteiger partial charge is 0.272 e. The van der Waals surface area contributed by atoms with E-state index in [2.05, 4.69) is 17.2 Å². The molecule has 1 aromatic heterocycles. The number of nitrogens with zero attached hydrogens (tertiary/aromatic N) is 2. The van der Waals surface area contributed by atoms with Crippen LogP contribution in [0.25, 0.3) is 0 Å². The lowest BCUT2D eigenvalue weighted by Crippen LogP contribution is -2.39. The number of hydrogen-bond donors (Lipinski definition) is 1. The molecule has 0 aliphatic carbocycles. The van der Waals surface area contributed by atoms with Gasteiger partial charge in [-0.1, -0.05) is 13.0 Å². The van der Waals surface area contributed by atoms with E-state index in [1.807, 2.05) is 17.0 Å². The zero-order chi connectivity index (χ0) is 20.8. The summed E-state index contributed by atoms with van der Waals surface area (Å²) in [4.78, 5) is 31.3. The Kier molecular flexibility index (Phi) is 6.69. The lowest BCUT2D eigenvalue weighted by Gasteiger charge is -2.30. The molecule has 2 aromatic rings. The first kappa shape index (κ1) is 20.6. The average molecular weight is 397 g/mol. The van der Waals surface area contributed by atoms with Gasteiger partial charge in [-0.3, -0.25) is 14.6 Å². The molecule has 154 valence electrons. The zero-order valence-corrected chi connectivity index (χ0v) is 17.1. The molecule has 0 spiro atoms. The SMILES string of the molecule is COc1ccc(CNC(=O)c2ccnc(C(=O)N3CCCC(C)C3)c2)cc1OC. The summed E-state index contributed by atoms with van der Waals surface area (Å²) in [6.45, 7) is 3.94. The predicted molar refractivity (Wildman–Crippen MR) is 109 cm³/mol. The number of nitrogens with one attached hydrogen (secondary N) is 1. The van der Waals surface area contributed by atoms with Crippen molar-refractivity contribution in [2.75, 3.05) is 27.3 Å². The van der Waals surface area contributed by atoms with Gasteiger partial charge in [0.05, 0.1) is 14.2 Å². The molecule has 1 aliphatic heterocycles. The number of hydrogen-bond acceptors (Lipinski definition) is 5. The van der Waals surface area contributed by atoms with E-state index in [1.165, 1.54) is 6.20 Å². The number of carbonyl (C=O) groups excluding carboxylic acids is 2. The first-order valence-electron chi connectivity index (χ1n) is 9.76. The fourth-order valence-corrected chi connectivity index (χ4v) is 3.50. The molecule has 1 N–H and O–H groups in total. The fraction of sp³-hybridized carbons (Fsp3) is 0.409. The molecule has 2 amide bonds. The van der Waals surface area contributed by atoms with Crippen LogP contribution in [0.4, 0.5) is 0 Å². The van der Waals surface area contributed by atoms with Crippen molar-refractivity contribution in [3.8, 4) is 11.5 Å². The molecule has 7 heteroatoms. The van der Waals surface area contributed by atoms with Crippen molar-refractivity contribution in [3.05, 3.63) is 53.3 Å². The standard InChI is InChI=1S/C22H27N3O4/c1-15-5-4-10-25(14-15)22(27)18-12-17(8-9-23-18)21(26)24-13-16-6-7-19(28-2)20(11-16)29-3/h6-9,11-12,15H,4-5,10,13-14H2,1-3H3,(H,24,26). The molecule has 0 bridgehead atoms. The normalized spacial score (nSPS) is 16.2. The Morgan fingerprint density at radius 2 is 1.97 bits per heavy atom. The van der Waals surface area contributed by atoms with E-state index in [0.717, 1.165) is 31.5 Å². The Labute approximate surface area is 171 Å². The van der Waals surface area contributed by atoms with Gasteiger partial charge in [0.1, 0.15) is 5.69 Å². The van der Waals surface area contributed by atoms with Crippen LogP contribution in [-0.4, -0.2) is 49.0 Å². The Morgan fingerprint density at radius 1 is 1.17 bits per heavy atom. The molecule has 1 saturated heterocycles. The zero-order valence-electron chi connectivity index (χ0n) is 17.1. The lowest BCUT2D eigenvalue weighted by atomic mass is 10.00. The number of benzene rings is 1. The van der Waals surface area contributed by atoms with E-state index in [9.17, 15) is 9.59 Å². The van der Waals surface area contributed by atoms with Gasteiger partial charge in [0, 0.05) is 31.4 Å². The maximum absolute atomic E-state index is 12.7. The maximum Gasteiger partial charge on any atom is 0.272 e. The van der Waals surface area contributed by atoms with Gasteiger partial charge in [-0.05, 0) is 48.6 Å². The number of rotatable bonds is 6. The minimum Gasteiger partial charge on any atom is -0.493 e. The number of piperidine rings is 1. The van der Waals surface area contributed by atoms with Crippen molar-refractivity contribution >= 4 is 11.8 Å². The number of ether oxygens (including phenoxy) is 2. The molecule has 0 saturated carbocycles. The summed E-state index contributed by atoms with van der Waals surface area (Å²) < 4.78 is 10.5. The van der Waals surface area contributed by atoms with Crippen LogP contribution < -0.4 is 14.8 Å². The quantitative estimate of drug-likeness (QED) is 0.811. The first-order valence-corrected chi connectivity index (χ1v) is 9.76. The van der Waals surface area contributed by atoms with Crippen LogP contribution in [0.15, 0.2) is 36.5 Å². The van der Waals surface area contributed by atoms with Gasteiger partial charge in [-0.25, -0.2) is 0 Å². The number of amides is 2. The predicted octanol–water partition coefficient (Wildman–Crippen LogP) is 2.90. The molecule has 1 aliphatic rings. The number of aromatic nitrogens is 1. The van der Waals surface area contributed by atoms with Crippen molar-refractivity contribution in [3.63, 3.8) is 0 Å². The molecule has 29 heavy (non-hydrogen) atoms. The van der Waals surface area contributed by atoms with Crippen molar-refractivity contribution in [1.29, 1.82) is 0 Å². The second-order valence-corrected chi connectivity index (χ2v) is 7.30. The molecule has 1 fully saturated rings. The van der Waals surface area contributed by atoms with Crippen LogP contribution in [0.5, 0.6) is 11.5 Å². The van der Waals surface area contributed by atoms with Crippen LogP contribution in [-0.2, 0) is 6.54 Å². The Hall–Kier alpha value is -3.09. The van der Waals surface area contributed by atoms with Gasteiger partial charge in [0.15, 0.2) is 11.5 Å². The monoisotopic (exact) mass is 397 g/mol. The largest absolute Gasteiger partial charge is 0.493 e. The molecule has 3 rings (SSSR count). The van der Waals surface area contributed by atoms with Gasteiger partial charge in [0.25, 0.3) is 11.8 Å². The van der Waals surface area contributed by atoms with Crippen LogP contribution in [0.1, 0.15) is 46.2 Å². The molecule has 0 radical (unpaired) electrons. The number of methoxy groups -OCH3 is 2. The number of carbonyl (C=O) groups is 2. The second kappa shape index (κ2) is 9.41. The molecule has 1 aromatic carbocycles. The highest BCUT2D eigenvalue weighted by atomic mass is 16.5. The summed E-state index contributed by atoms with van der Waals surface area (Å²) in [7, 11) is 3.14. The highest BCUT2D eigenvalue weighted by molar-refractivity contribution is 5.98. The average Bonchev–Trinajstić information content (AvgIpc) is 2.76. The van der Waals surface area contributed by atoms with Crippen molar-refractivity contribution in [2.45, 2.75) is 26.3 Å². The van der Waals surface area contributed by atoms with Gasteiger partial charge in [0.2, 0.25) is 0 Å². The molecule has 1 atom stereocenters. The van der Waals surface area contributed by atoms with Gasteiger partial charge in [-0.2, -0.15) is 0 Å². The van der Waals surface area contributed by atoms with Crippen LogP contribution in [0.3, 0.4) is 0 Å². The van der Waals surface area contributed by atoms with Gasteiger partial charge < -0.3 is 19.7 Å². The molecule has 1 unspecified atom stereocenters. The minimum atomic E-state index is -0.261. The molecular weight excluding hydrogens is 370 g/mol. The van der Waals surface area contributed by atoms with Crippen molar-refractivity contribution in [1.82, 2.24) is 15.2 Å². The molecular formula is C22H27N3O4. The number of likely N-dealkylation sites (tertiary alicyclic amines) is 1. The van der Waals surface area contributed by atoms with E-state index < -0.39 is 0 Å². The van der Waals surface area contributed by atoms with Crippen LogP contribution >= 0.6 is 0 Å². The summed E-state index contributed by atoms with van der Waals surface area (Å²) in [6, 6.07) is 8.65. The Balaban J connectivity index is 1.66. The highest BCUT2D eigenvalue weighted by Gasteiger charge is 2.23. The summed E-state index contributed by atoms with van der Waals surface area (Å²) >= 11 is 0. The summed E-state index contributed by atoms with van der Waals surface area (Å²) in [5.41, 5.74) is 1.59. The van der Waals surface area contributed by atoms with Gasteiger partial charge >= 0.3 is 0 Å². The van der Waals surface area contributed by atoms with Gasteiger partial charge in [-0.15, -0.1) is 0 Å². The Morgan fingerprint density at radius 3 is 2.69 bits per heavy atom.